The molecule has 0 radical (unpaired) electrons. The van der Waals surface area contributed by atoms with Crippen LogP contribution in [0.5, 0.6) is 0 Å². The molecule has 1 aliphatic rings. The SMILES string of the molecule is c1cc(-c2ccc(NC3CCCOC3)cc2)[nH]n1. The van der Waals surface area contributed by atoms with Gasteiger partial charge in [-0.2, -0.15) is 5.10 Å². The number of H-pyrrole nitrogens is 1. The topological polar surface area (TPSA) is 49.9 Å². The van der Waals surface area contributed by atoms with Crippen LogP contribution in [0.25, 0.3) is 11.3 Å². The van der Waals surface area contributed by atoms with E-state index in [9.17, 15) is 0 Å². The Bertz CT molecular complexity index is 472. The summed E-state index contributed by atoms with van der Waals surface area (Å²) in [6.45, 7) is 1.71. The van der Waals surface area contributed by atoms with E-state index in [1.165, 1.54) is 6.42 Å². The average molecular weight is 243 g/mol. The molecule has 1 saturated heterocycles. The Balaban J connectivity index is 1.67. The number of hydrogen-bond acceptors (Lipinski definition) is 3. The lowest BCUT2D eigenvalue weighted by Crippen LogP contribution is -2.29. The van der Waals surface area contributed by atoms with Gasteiger partial charge in [0, 0.05) is 24.5 Å². The molecule has 0 saturated carbocycles. The molecule has 2 N–H and O–H groups in total. The maximum Gasteiger partial charge on any atom is 0.0667 e. The van der Waals surface area contributed by atoms with Crippen molar-refractivity contribution in [2.75, 3.05) is 18.5 Å². The monoisotopic (exact) mass is 243 g/mol. The summed E-state index contributed by atoms with van der Waals surface area (Å²) in [5, 5.41) is 10.4. The van der Waals surface area contributed by atoms with Gasteiger partial charge in [0.1, 0.15) is 0 Å². The Kier molecular flexibility index (Phi) is 3.28. The van der Waals surface area contributed by atoms with E-state index in [0.29, 0.717) is 6.04 Å². The van der Waals surface area contributed by atoms with E-state index in [1.54, 1.807) is 6.20 Å². The molecule has 0 spiro atoms. The molecule has 18 heavy (non-hydrogen) atoms. The molecule has 94 valence electrons. The highest BCUT2D eigenvalue weighted by Crippen LogP contribution is 2.20. The van der Waals surface area contributed by atoms with Crippen molar-refractivity contribution in [2.45, 2.75) is 18.9 Å². The highest BCUT2D eigenvalue weighted by molar-refractivity contribution is 5.62. The summed E-state index contributed by atoms with van der Waals surface area (Å²) in [5.74, 6) is 0. The van der Waals surface area contributed by atoms with E-state index in [0.717, 1.165) is 36.6 Å². The number of rotatable bonds is 3. The van der Waals surface area contributed by atoms with Gasteiger partial charge in [0.05, 0.1) is 12.3 Å². The van der Waals surface area contributed by atoms with Gasteiger partial charge in [-0.1, -0.05) is 12.1 Å². The van der Waals surface area contributed by atoms with Crippen LogP contribution in [0.15, 0.2) is 36.5 Å². The Morgan fingerprint density at radius 3 is 2.78 bits per heavy atom. The van der Waals surface area contributed by atoms with Crippen LogP contribution in [0.4, 0.5) is 5.69 Å². The number of aromatic nitrogens is 2. The molecule has 0 aliphatic carbocycles. The van der Waals surface area contributed by atoms with E-state index in [1.807, 2.05) is 6.07 Å². The van der Waals surface area contributed by atoms with Crippen molar-refractivity contribution in [1.29, 1.82) is 0 Å². The number of benzene rings is 1. The lowest BCUT2D eigenvalue weighted by Gasteiger charge is -2.24. The van der Waals surface area contributed by atoms with Gasteiger partial charge in [-0.25, -0.2) is 0 Å². The lowest BCUT2D eigenvalue weighted by atomic mass is 10.1. The Morgan fingerprint density at radius 2 is 2.11 bits per heavy atom. The average Bonchev–Trinajstić information content (AvgIpc) is 2.95. The fraction of sp³-hybridized carbons (Fsp3) is 0.357. The second-order valence-corrected chi connectivity index (χ2v) is 4.61. The number of ether oxygens (including phenoxy) is 1. The van der Waals surface area contributed by atoms with Crippen LogP contribution in [0, 0.1) is 0 Å². The summed E-state index contributed by atoms with van der Waals surface area (Å²) >= 11 is 0. The molecule has 1 fully saturated rings. The first kappa shape index (κ1) is 11.3. The van der Waals surface area contributed by atoms with Crippen LogP contribution in [-0.2, 0) is 4.74 Å². The van der Waals surface area contributed by atoms with Crippen LogP contribution in [0.2, 0.25) is 0 Å². The summed E-state index contributed by atoms with van der Waals surface area (Å²) in [7, 11) is 0. The maximum absolute atomic E-state index is 5.46. The number of nitrogens with one attached hydrogen (secondary N) is 2. The Morgan fingerprint density at radius 1 is 1.22 bits per heavy atom. The van der Waals surface area contributed by atoms with Gasteiger partial charge in [0.25, 0.3) is 0 Å². The maximum atomic E-state index is 5.46. The molecule has 1 aromatic carbocycles. The van der Waals surface area contributed by atoms with E-state index in [-0.39, 0.29) is 0 Å². The van der Waals surface area contributed by atoms with Crippen molar-refractivity contribution in [1.82, 2.24) is 10.2 Å². The summed E-state index contributed by atoms with van der Waals surface area (Å²) in [6.07, 6.45) is 4.09. The molecule has 0 amide bonds. The van der Waals surface area contributed by atoms with Crippen molar-refractivity contribution in [3.05, 3.63) is 36.5 Å². The first-order chi connectivity index (χ1) is 8.92. The molecule has 4 nitrogen and oxygen atoms in total. The van der Waals surface area contributed by atoms with Crippen LogP contribution in [-0.4, -0.2) is 29.5 Å². The van der Waals surface area contributed by atoms with Gasteiger partial charge in [0.2, 0.25) is 0 Å². The fourth-order valence-electron chi connectivity index (χ4n) is 2.25. The Hall–Kier alpha value is -1.81. The molecule has 3 rings (SSSR count). The van der Waals surface area contributed by atoms with Crippen molar-refractivity contribution in [3.63, 3.8) is 0 Å². The molecule has 0 bridgehead atoms. The smallest absolute Gasteiger partial charge is 0.0667 e. The number of hydrogen-bond donors (Lipinski definition) is 2. The third kappa shape index (κ3) is 2.54. The third-order valence-electron chi connectivity index (χ3n) is 3.23. The molecule has 1 aromatic heterocycles. The number of anilines is 1. The molecule has 1 aliphatic heterocycles. The highest BCUT2D eigenvalue weighted by atomic mass is 16.5. The van der Waals surface area contributed by atoms with Gasteiger partial charge in [-0.3, -0.25) is 5.10 Å². The van der Waals surface area contributed by atoms with E-state index in [2.05, 4.69) is 39.8 Å². The Labute approximate surface area is 106 Å². The van der Waals surface area contributed by atoms with Crippen molar-refractivity contribution < 1.29 is 4.74 Å². The quantitative estimate of drug-likeness (QED) is 0.871. The summed E-state index contributed by atoms with van der Waals surface area (Å²) < 4.78 is 5.46. The highest BCUT2D eigenvalue weighted by Gasteiger charge is 2.13. The van der Waals surface area contributed by atoms with Crippen LogP contribution >= 0.6 is 0 Å². The van der Waals surface area contributed by atoms with Crippen LogP contribution < -0.4 is 5.32 Å². The van der Waals surface area contributed by atoms with Crippen LogP contribution in [0.3, 0.4) is 0 Å². The van der Waals surface area contributed by atoms with Crippen molar-refractivity contribution >= 4 is 5.69 Å². The molecule has 2 heterocycles. The minimum Gasteiger partial charge on any atom is -0.380 e. The minimum absolute atomic E-state index is 0.441. The second-order valence-electron chi connectivity index (χ2n) is 4.61. The third-order valence-corrected chi connectivity index (χ3v) is 3.23. The molecule has 2 aromatic rings. The van der Waals surface area contributed by atoms with Gasteiger partial charge < -0.3 is 10.1 Å². The fourth-order valence-corrected chi connectivity index (χ4v) is 2.25. The van der Waals surface area contributed by atoms with Gasteiger partial charge in [-0.05, 0) is 36.6 Å². The summed E-state index contributed by atoms with van der Waals surface area (Å²) in [6, 6.07) is 10.8. The lowest BCUT2D eigenvalue weighted by molar-refractivity contribution is 0.0876. The first-order valence-electron chi connectivity index (χ1n) is 6.36. The molecule has 1 atom stereocenters. The predicted molar refractivity (Wildman–Crippen MR) is 71.5 cm³/mol. The first-order valence-corrected chi connectivity index (χ1v) is 6.36. The van der Waals surface area contributed by atoms with Gasteiger partial charge >= 0.3 is 0 Å². The zero-order valence-electron chi connectivity index (χ0n) is 10.2. The summed E-state index contributed by atoms with van der Waals surface area (Å²) in [4.78, 5) is 0. The zero-order chi connectivity index (χ0) is 12.2. The van der Waals surface area contributed by atoms with E-state index in [4.69, 9.17) is 4.74 Å². The number of aromatic amines is 1. The predicted octanol–water partition coefficient (Wildman–Crippen LogP) is 2.67. The minimum atomic E-state index is 0.441. The molecule has 1 unspecified atom stereocenters. The molecular formula is C14H17N3O. The standard InChI is InChI=1S/C14H17N3O/c1-2-13(10-18-9-1)16-12-5-3-11(4-6-12)14-7-8-15-17-14/h3-8,13,16H,1-2,9-10H2,(H,15,17). The normalized spacial score (nSPS) is 19.7. The van der Waals surface area contributed by atoms with Crippen molar-refractivity contribution in [2.24, 2.45) is 0 Å². The van der Waals surface area contributed by atoms with E-state index >= 15 is 0 Å². The second kappa shape index (κ2) is 5.23. The molecule has 4 heteroatoms. The van der Waals surface area contributed by atoms with E-state index < -0.39 is 0 Å². The zero-order valence-corrected chi connectivity index (χ0v) is 10.2. The van der Waals surface area contributed by atoms with Gasteiger partial charge in [-0.15, -0.1) is 0 Å². The van der Waals surface area contributed by atoms with Crippen LogP contribution in [0.1, 0.15) is 12.8 Å². The van der Waals surface area contributed by atoms with Gasteiger partial charge in [0.15, 0.2) is 0 Å². The summed E-state index contributed by atoms with van der Waals surface area (Å²) in [5.41, 5.74) is 3.34. The van der Waals surface area contributed by atoms with Crippen molar-refractivity contribution in [3.8, 4) is 11.3 Å². The largest absolute Gasteiger partial charge is 0.380 e. The molecular weight excluding hydrogens is 226 g/mol. The number of nitrogens with zero attached hydrogens (tertiary/aromatic N) is 1.